The Hall–Kier alpha value is -1.17. The summed E-state index contributed by atoms with van der Waals surface area (Å²) in [6, 6.07) is 3.58. The number of aromatic nitrogens is 1. The summed E-state index contributed by atoms with van der Waals surface area (Å²) in [6.07, 6.45) is 2.04. The maximum Gasteiger partial charge on any atom is 0.399 e. The van der Waals surface area contributed by atoms with Crippen LogP contribution in [-0.2, 0) is 20.3 Å². The number of nitrogens with two attached hydrogens (primary N) is 1. The van der Waals surface area contributed by atoms with Gasteiger partial charge in [-0.1, -0.05) is 15.9 Å². The third kappa shape index (κ3) is 5.66. The topological polar surface area (TPSA) is 140 Å². The molecule has 0 unspecified atom stereocenters. The molecule has 1 aromatic heterocycles. The van der Waals surface area contributed by atoms with Crippen LogP contribution in [0.3, 0.4) is 0 Å². The Bertz CT molecular complexity index is 999. The largest absolute Gasteiger partial charge is 0.478 e. The highest BCUT2D eigenvalue weighted by Gasteiger charge is 2.51. The van der Waals surface area contributed by atoms with E-state index in [9.17, 15) is 21.8 Å². The molecule has 0 atom stereocenters. The van der Waals surface area contributed by atoms with Crippen molar-refractivity contribution in [2.24, 2.45) is 5.14 Å². The van der Waals surface area contributed by atoms with Gasteiger partial charge < -0.3 is 14.5 Å². The number of unbranched alkanes of at least 4 members (excludes halogenated alkanes) is 1. The van der Waals surface area contributed by atoms with Crippen molar-refractivity contribution >= 4 is 44.3 Å². The van der Waals surface area contributed by atoms with Crippen molar-refractivity contribution in [2.75, 3.05) is 12.4 Å². The van der Waals surface area contributed by atoms with Gasteiger partial charge in [-0.2, -0.15) is 8.78 Å². The number of pyridine rings is 1. The van der Waals surface area contributed by atoms with Crippen LogP contribution in [0.15, 0.2) is 28.9 Å². The van der Waals surface area contributed by atoms with Gasteiger partial charge in [-0.05, 0) is 30.4 Å². The van der Waals surface area contributed by atoms with Crippen LogP contribution in [0, 0.1) is 0 Å². The van der Waals surface area contributed by atoms with E-state index in [4.69, 9.17) is 19.7 Å². The third-order valence-corrected chi connectivity index (χ3v) is 6.03. The first-order valence-corrected chi connectivity index (χ1v) is 11.6. The summed E-state index contributed by atoms with van der Waals surface area (Å²) in [6.45, 7) is 0.135. The Morgan fingerprint density at radius 2 is 1.89 bits per heavy atom. The number of benzene rings is 1. The number of sulfonamides is 1. The number of fused-ring (bicyclic) bond motifs is 1. The van der Waals surface area contributed by atoms with Crippen molar-refractivity contribution in [3.63, 3.8) is 0 Å². The fraction of sp³-hybridized carbons (Fsp3) is 0.357. The zero-order valence-corrected chi connectivity index (χ0v) is 17.0. The quantitative estimate of drug-likeness (QED) is 0.383. The van der Waals surface area contributed by atoms with Crippen molar-refractivity contribution in [2.45, 2.75) is 18.5 Å². The predicted octanol–water partition coefficient (Wildman–Crippen LogP) is 2.67. The van der Waals surface area contributed by atoms with Crippen LogP contribution in [-0.4, -0.2) is 35.5 Å². The summed E-state index contributed by atoms with van der Waals surface area (Å²) in [5.41, 5.74) is -5.22. The first-order chi connectivity index (χ1) is 12.3. The van der Waals surface area contributed by atoms with Crippen LogP contribution >= 0.6 is 23.5 Å². The minimum absolute atomic E-state index is 0.103. The van der Waals surface area contributed by atoms with Crippen LogP contribution in [0.5, 0.6) is 5.88 Å². The second-order valence-corrected chi connectivity index (χ2v) is 9.95. The van der Waals surface area contributed by atoms with Gasteiger partial charge in [-0.25, -0.2) is 18.5 Å². The zero-order chi connectivity index (χ0) is 20.5. The van der Waals surface area contributed by atoms with E-state index in [1.807, 2.05) is 0 Å². The molecule has 2 rings (SSSR count). The van der Waals surface area contributed by atoms with Crippen molar-refractivity contribution in [1.29, 1.82) is 0 Å². The lowest BCUT2D eigenvalue weighted by atomic mass is 10.1. The van der Waals surface area contributed by atoms with E-state index < -0.39 is 28.8 Å². The highest BCUT2D eigenvalue weighted by atomic mass is 79.9. The Morgan fingerprint density at radius 1 is 1.22 bits per heavy atom. The number of hydrogen-bond acceptors (Lipinski definition) is 5. The van der Waals surface area contributed by atoms with Crippen LogP contribution in [0.4, 0.5) is 8.78 Å². The summed E-state index contributed by atoms with van der Waals surface area (Å²) in [5, 5.41) is 5.58. The Labute approximate surface area is 162 Å². The minimum atomic E-state index is -5.72. The SMILES string of the molecule is NS(=O)(=O)CCCCOc1cc2cc(C(F)(F)P(=O)(O)O)c(Br)cc2cn1. The number of alkyl halides is 2. The monoisotopic (exact) mass is 488 g/mol. The molecule has 0 saturated carbocycles. The number of halogens is 3. The molecule has 0 aliphatic carbocycles. The highest BCUT2D eigenvalue weighted by molar-refractivity contribution is 9.10. The molecular weight excluding hydrogens is 473 g/mol. The zero-order valence-electron chi connectivity index (χ0n) is 13.7. The van der Waals surface area contributed by atoms with Crippen LogP contribution in [0.1, 0.15) is 18.4 Å². The van der Waals surface area contributed by atoms with Crippen molar-refractivity contribution in [3.05, 3.63) is 34.4 Å². The normalized spacial score (nSPS) is 13.1. The van der Waals surface area contributed by atoms with E-state index in [0.717, 1.165) is 6.07 Å². The van der Waals surface area contributed by atoms with Gasteiger partial charge in [0.05, 0.1) is 12.4 Å². The Balaban J connectivity index is 2.21. The molecule has 1 aromatic carbocycles. The summed E-state index contributed by atoms with van der Waals surface area (Å²) in [4.78, 5) is 21.9. The van der Waals surface area contributed by atoms with Crippen molar-refractivity contribution in [1.82, 2.24) is 4.98 Å². The molecular formula is C14H16BrF2N2O6PS. The van der Waals surface area contributed by atoms with Crippen molar-refractivity contribution in [3.8, 4) is 5.88 Å². The molecule has 1 heterocycles. The summed E-state index contributed by atoms with van der Waals surface area (Å²) >= 11 is 2.90. The maximum absolute atomic E-state index is 14.0. The van der Waals surface area contributed by atoms with E-state index >= 15 is 0 Å². The fourth-order valence-electron chi connectivity index (χ4n) is 2.19. The van der Waals surface area contributed by atoms with E-state index in [1.165, 1.54) is 18.3 Å². The van der Waals surface area contributed by atoms with Crippen LogP contribution in [0.25, 0.3) is 10.8 Å². The maximum atomic E-state index is 14.0. The van der Waals surface area contributed by atoms with E-state index in [0.29, 0.717) is 11.8 Å². The number of primary sulfonamides is 1. The fourth-order valence-corrected chi connectivity index (χ4v) is 4.06. The second kappa shape index (κ2) is 8.06. The molecule has 8 nitrogen and oxygen atoms in total. The van der Waals surface area contributed by atoms with Crippen LogP contribution in [0.2, 0.25) is 0 Å². The first kappa shape index (κ1) is 22.1. The molecule has 0 bridgehead atoms. The van der Waals surface area contributed by atoms with Gasteiger partial charge in [0, 0.05) is 27.7 Å². The molecule has 0 saturated heterocycles. The lowest BCUT2D eigenvalue weighted by molar-refractivity contribution is 0.0558. The van der Waals surface area contributed by atoms with Gasteiger partial charge >= 0.3 is 13.3 Å². The van der Waals surface area contributed by atoms with Crippen molar-refractivity contribution < 1.29 is 36.3 Å². The lowest BCUT2D eigenvalue weighted by Gasteiger charge is -2.20. The van der Waals surface area contributed by atoms with Gasteiger partial charge in [0.2, 0.25) is 15.9 Å². The second-order valence-electron chi connectivity index (χ2n) is 5.71. The molecule has 0 fully saturated rings. The Morgan fingerprint density at radius 3 is 2.48 bits per heavy atom. The highest BCUT2D eigenvalue weighted by Crippen LogP contribution is 2.60. The summed E-state index contributed by atoms with van der Waals surface area (Å²) < 4.78 is 66.0. The smallest absolute Gasteiger partial charge is 0.399 e. The van der Waals surface area contributed by atoms with E-state index in [2.05, 4.69) is 20.9 Å². The lowest BCUT2D eigenvalue weighted by Crippen LogP contribution is -2.16. The molecule has 4 N–H and O–H groups in total. The molecule has 0 spiro atoms. The Kier molecular flexibility index (Phi) is 6.60. The molecule has 0 aliphatic rings. The minimum Gasteiger partial charge on any atom is -0.478 e. The molecule has 13 heteroatoms. The van der Waals surface area contributed by atoms with Gasteiger partial charge in [-0.15, -0.1) is 0 Å². The average molecular weight is 489 g/mol. The van der Waals surface area contributed by atoms with Gasteiger partial charge in [0.1, 0.15) is 0 Å². The standard InChI is InChI=1S/C14H16BrF2N2O6PS/c15-12-6-10-8-19-13(25-3-1-2-4-27(18,23)24)7-9(10)5-11(12)14(16,17)26(20,21)22/h5-8H,1-4H2,(H2,18,23,24)(H2,20,21,22). The number of hydrogen-bond donors (Lipinski definition) is 3. The predicted molar refractivity (Wildman–Crippen MR) is 98.1 cm³/mol. The van der Waals surface area contributed by atoms with Gasteiger partial charge in [0.25, 0.3) is 0 Å². The van der Waals surface area contributed by atoms with E-state index in [1.54, 1.807) is 0 Å². The average Bonchev–Trinajstić information content (AvgIpc) is 2.51. The van der Waals surface area contributed by atoms with E-state index in [-0.39, 0.29) is 34.5 Å². The van der Waals surface area contributed by atoms with Gasteiger partial charge in [0.15, 0.2) is 0 Å². The third-order valence-electron chi connectivity index (χ3n) is 3.55. The first-order valence-electron chi connectivity index (χ1n) is 7.48. The molecule has 150 valence electrons. The molecule has 0 radical (unpaired) electrons. The number of rotatable bonds is 8. The van der Waals surface area contributed by atoms with Gasteiger partial charge in [-0.3, -0.25) is 4.57 Å². The number of ether oxygens (including phenoxy) is 1. The summed E-state index contributed by atoms with van der Waals surface area (Å²) in [7, 11) is -9.26. The van der Waals surface area contributed by atoms with Crippen LogP contribution < -0.4 is 9.88 Å². The molecule has 0 aliphatic heterocycles. The molecule has 2 aromatic rings. The molecule has 0 amide bonds. The summed E-state index contributed by atoms with van der Waals surface area (Å²) in [5.74, 6) is -0.0815. The number of nitrogens with zero attached hydrogens (tertiary/aromatic N) is 1. The molecule has 27 heavy (non-hydrogen) atoms.